The van der Waals surface area contributed by atoms with Crippen molar-refractivity contribution >= 4 is 36.7 Å². The molecule has 2 aliphatic rings. The van der Waals surface area contributed by atoms with Crippen molar-refractivity contribution in [1.29, 1.82) is 0 Å². The number of hydrogen-bond acceptors (Lipinski definition) is 6. The van der Waals surface area contributed by atoms with Gasteiger partial charge in [-0.2, -0.15) is 4.98 Å². The molecule has 1 aromatic carbocycles. The SMILES string of the molecule is COc1ccc(C(=O)N2CCC(c3nc(N)n[nH]3)CC2)cc1CC1CCNC1.Cl.Cl. The number of benzene rings is 1. The maximum absolute atomic E-state index is 13.1. The Kier molecular flexibility index (Phi) is 8.76. The molecule has 3 heterocycles. The van der Waals surface area contributed by atoms with Crippen molar-refractivity contribution in [3.05, 3.63) is 35.2 Å². The quantitative estimate of drug-likeness (QED) is 0.636. The number of methoxy groups -OCH3 is 1. The van der Waals surface area contributed by atoms with Gasteiger partial charge in [-0.05, 0) is 68.5 Å². The van der Waals surface area contributed by atoms with Gasteiger partial charge in [0.05, 0.1) is 7.11 Å². The molecule has 0 saturated carbocycles. The van der Waals surface area contributed by atoms with Crippen LogP contribution in [0.15, 0.2) is 18.2 Å². The summed E-state index contributed by atoms with van der Waals surface area (Å²) in [5.41, 5.74) is 7.46. The zero-order valence-corrected chi connectivity index (χ0v) is 18.7. The normalized spacial score (nSPS) is 19.1. The average Bonchev–Trinajstić information content (AvgIpc) is 3.39. The first-order valence-electron chi connectivity index (χ1n) is 9.98. The van der Waals surface area contributed by atoms with E-state index < -0.39 is 0 Å². The Morgan fingerprint density at radius 1 is 1.27 bits per heavy atom. The van der Waals surface area contributed by atoms with E-state index in [2.05, 4.69) is 20.5 Å². The maximum Gasteiger partial charge on any atom is 0.253 e. The zero-order chi connectivity index (χ0) is 19.5. The van der Waals surface area contributed by atoms with E-state index in [1.54, 1.807) is 7.11 Å². The van der Waals surface area contributed by atoms with Crippen LogP contribution in [0.1, 0.15) is 46.9 Å². The lowest BCUT2D eigenvalue weighted by molar-refractivity contribution is 0.0711. The van der Waals surface area contributed by atoms with Crippen LogP contribution >= 0.6 is 24.8 Å². The van der Waals surface area contributed by atoms with Gasteiger partial charge in [-0.3, -0.25) is 9.89 Å². The van der Waals surface area contributed by atoms with Gasteiger partial charge in [0.15, 0.2) is 0 Å². The first-order valence-corrected chi connectivity index (χ1v) is 9.98. The average molecular weight is 457 g/mol. The second kappa shape index (κ2) is 10.8. The van der Waals surface area contributed by atoms with Crippen LogP contribution in [0.25, 0.3) is 0 Å². The summed E-state index contributed by atoms with van der Waals surface area (Å²) >= 11 is 0. The molecular weight excluding hydrogens is 427 g/mol. The van der Waals surface area contributed by atoms with Gasteiger partial charge in [0.1, 0.15) is 11.6 Å². The third-order valence-corrected chi connectivity index (χ3v) is 5.89. The molecule has 0 radical (unpaired) electrons. The van der Waals surface area contributed by atoms with E-state index in [0.717, 1.165) is 55.1 Å². The van der Waals surface area contributed by atoms with E-state index in [1.165, 1.54) is 6.42 Å². The number of H-pyrrole nitrogens is 1. The van der Waals surface area contributed by atoms with Crippen molar-refractivity contribution < 1.29 is 9.53 Å². The van der Waals surface area contributed by atoms with E-state index in [-0.39, 0.29) is 42.6 Å². The fourth-order valence-electron chi connectivity index (χ4n) is 4.28. The van der Waals surface area contributed by atoms with Gasteiger partial charge in [-0.1, -0.05) is 0 Å². The van der Waals surface area contributed by atoms with Crippen molar-refractivity contribution in [3.8, 4) is 5.75 Å². The van der Waals surface area contributed by atoms with E-state index in [4.69, 9.17) is 10.5 Å². The Labute approximate surface area is 189 Å². The fourth-order valence-corrected chi connectivity index (χ4v) is 4.28. The second-order valence-electron chi connectivity index (χ2n) is 7.73. The monoisotopic (exact) mass is 456 g/mol. The van der Waals surface area contributed by atoms with Crippen LogP contribution in [0.4, 0.5) is 5.95 Å². The molecule has 1 aromatic heterocycles. The van der Waals surface area contributed by atoms with Gasteiger partial charge in [0.25, 0.3) is 5.91 Å². The van der Waals surface area contributed by atoms with Gasteiger partial charge in [0, 0.05) is 24.6 Å². The first kappa shape index (κ1) is 24.2. The third kappa shape index (κ3) is 5.36. The van der Waals surface area contributed by atoms with Crippen LogP contribution in [0.5, 0.6) is 5.75 Å². The molecule has 2 aliphatic heterocycles. The van der Waals surface area contributed by atoms with Crippen LogP contribution in [-0.2, 0) is 6.42 Å². The highest BCUT2D eigenvalue weighted by Crippen LogP contribution is 2.29. The van der Waals surface area contributed by atoms with Gasteiger partial charge < -0.3 is 20.7 Å². The van der Waals surface area contributed by atoms with Crippen molar-refractivity contribution in [2.45, 2.75) is 31.6 Å². The molecule has 10 heteroatoms. The van der Waals surface area contributed by atoms with Crippen molar-refractivity contribution in [2.75, 3.05) is 39.0 Å². The lowest BCUT2D eigenvalue weighted by Crippen LogP contribution is -2.38. The summed E-state index contributed by atoms with van der Waals surface area (Å²) in [6, 6.07) is 5.82. The summed E-state index contributed by atoms with van der Waals surface area (Å²) in [4.78, 5) is 19.2. The third-order valence-electron chi connectivity index (χ3n) is 5.89. The van der Waals surface area contributed by atoms with Gasteiger partial charge >= 0.3 is 0 Å². The molecule has 1 atom stereocenters. The highest BCUT2D eigenvalue weighted by atomic mass is 35.5. The van der Waals surface area contributed by atoms with E-state index >= 15 is 0 Å². The number of carbonyl (C=O) groups excluding carboxylic acids is 1. The number of nitrogens with zero attached hydrogens (tertiary/aromatic N) is 3. The molecule has 0 bridgehead atoms. The maximum atomic E-state index is 13.1. The van der Waals surface area contributed by atoms with Crippen molar-refractivity contribution in [2.24, 2.45) is 5.92 Å². The van der Waals surface area contributed by atoms with Crippen LogP contribution in [0.3, 0.4) is 0 Å². The number of nitrogen functional groups attached to an aromatic ring is 1. The molecule has 0 aliphatic carbocycles. The number of nitrogens with two attached hydrogens (primary N) is 1. The van der Waals surface area contributed by atoms with Crippen molar-refractivity contribution in [1.82, 2.24) is 25.4 Å². The molecule has 166 valence electrons. The summed E-state index contributed by atoms with van der Waals surface area (Å²) in [5.74, 6) is 2.92. The van der Waals surface area contributed by atoms with Crippen LogP contribution in [-0.4, -0.2) is 59.3 Å². The number of halogens is 2. The Morgan fingerprint density at radius 2 is 2.03 bits per heavy atom. The smallest absolute Gasteiger partial charge is 0.253 e. The highest BCUT2D eigenvalue weighted by Gasteiger charge is 2.27. The van der Waals surface area contributed by atoms with Gasteiger partial charge in [0.2, 0.25) is 5.95 Å². The molecule has 2 saturated heterocycles. The number of aromatic amines is 1. The molecule has 0 spiro atoms. The molecule has 1 amide bonds. The highest BCUT2D eigenvalue weighted by molar-refractivity contribution is 5.94. The standard InChI is InChI=1S/C20H28N6O2.2ClH/c1-28-17-3-2-15(11-16(17)10-13-4-7-22-12-13)19(27)26-8-5-14(6-9-26)18-23-20(21)25-24-18;;/h2-3,11,13-14,22H,4-10,12H2,1H3,(H3,21,23,24,25);2*1H. The number of ether oxygens (including phenoxy) is 1. The summed E-state index contributed by atoms with van der Waals surface area (Å²) in [6.07, 6.45) is 3.82. The molecule has 2 aromatic rings. The zero-order valence-electron chi connectivity index (χ0n) is 17.1. The summed E-state index contributed by atoms with van der Waals surface area (Å²) in [6.45, 7) is 3.51. The van der Waals surface area contributed by atoms with Gasteiger partial charge in [-0.15, -0.1) is 29.9 Å². The predicted octanol–water partition coefficient (Wildman–Crippen LogP) is 2.41. The predicted molar refractivity (Wildman–Crippen MR) is 121 cm³/mol. The minimum atomic E-state index is 0. The molecule has 4 rings (SSSR count). The summed E-state index contributed by atoms with van der Waals surface area (Å²) in [7, 11) is 1.69. The number of likely N-dealkylation sites (tertiary alicyclic amines) is 1. The number of piperidine rings is 1. The Morgan fingerprint density at radius 3 is 2.63 bits per heavy atom. The van der Waals surface area contributed by atoms with Gasteiger partial charge in [-0.25, -0.2) is 0 Å². The molecule has 4 N–H and O–H groups in total. The van der Waals surface area contributed by atoms with E-state index in [0.29, 0.717) is 19.0 Å². The lowest BCUT2D eigenvalue weighted by atomic mass is 9.94. The van der Waals surface area contributed by atoms with E-state index in [9.17, 15) is 4.79 Å². The van der Waals surface area contributed by atoms with Crippen LogP contribution in [0, 0.1) is 5.92 Å². The topological polar surface area (TPSA) is 109 Å². The summed E-state index contributed by atoms with van der Waals surface area (Å²) < 4.78 is 5.53. The number of aromatic nitrogens is 3. The first-order chi connectivity index (χ1) is 13.6. The summed E-state index contributed by atoms with van der Waals surface area (Å²) in [5, 5.41) is 10.2. The number of nitrogens with one attached hydrogen (secondary N) is 2. The van der Waals surface area contributed by atoms with Crippen LogP contribution in [0.2, 0.25) is 0 Å². The second-order valence-corrected chi connectivity index (χ2v) is 7.73. The Balaban J connectivity index is 0.00000160. The number of amides is 1. The molecule has 1 unspecified atom stereocenters. The minimum Gasteiger partial charge on any atom is -0.496 e. The molecule has 30 heavy (non-hydrogen) atoms. The Bertz CT molecular complexity index is 832. The van der Waals surface area contributed by atoms with Crippen LogP contribution < -0.4 is 15.8 Å². The molecule has 8 nitrogen and oxygen atoms in total. The number of carbonyl (C=O) groups is 1. The number of rotatable bonds is 5. The largest absolute Gasteiger partial charge is 0.496 e. The lowest BCUT2D eigenvalue weighted by Gasteiger charge is -2.31. The fraction of sp³-hybridized carbons (Fsp3) is 0.550. The Hall–Kier alpha value is -2.03. The van der Waals surface area contributed by atoms with Crippen molar-refractivity contribution in [3.63, 3.8) is 0 Å². The molecule has 2 fully saturated rings. The molecular formula is C20H30Cl2N6O2. The minimum absolute atomic E-state index is 0. The van der Waals surface area contributed by atoms with E-state index in [1.807, 2.05) is 23.1 Å². The number of anilines is 1. The number of hydrogen-bond donors (Lipinski definition) is 3.